The second-order valence-electron chi connectivity index (χ2n) is 5.41. The van der Waals surface area contributed by atoms with Gasteiger partial charge in [-0.1, -0.05) is 0 Å². The van der Waals surface area contributed by atoms with Crippen molar-refractivity contribution in [3.05, 3.63) is 12.0 Å². The van der Waals surface area contributed by atoms with Gasteiger partial charge in [-0.15, -0.1) is 0 Å². The van der Waals surface area contributed by atoms with Gasteiger partial charge in [0.15, 0.2) is 5.03 Å². The van der Waals surface area contributed by atoms with Gasteiger partial charge in [0, 0.05) is 38.3 Å². The van der Waals surface area contributed by atoms with Gasteiger partial charge in [0.1, 0.15) is 5.82 Å². The smallest absolute Gasteiger partial charge is 0.262 e. The Labute approximate surface area is 113 Å². The van der Waals surface area contributed by atoms with Crippen molar-refractivity contribution in [1.29, 1.82) is 0 Å². The van der Waals surface area contributed by atoms with Crippen molar-refractivity contribution in [2.24, 2.45) is 5.73 Å². The molecule has 3 rings (SSSR count). The minimum Gasteiger partial charge on any atom is -0.333 e. The molecule has 1 saturated heterocycles. The van der Waals surface area contributed by atoms with E-state index in [4.69, 9.17) is 5.73 Å². The van der Waals surface area contributed by atoms with E-state index in [0.717, 1.165) is 44.5 Å². The van der Waals surface area contributed by atoms with E-state index in [1.165, 1.54) is 4.31 Å². The highest BCUT2D eigenvalue weighted by Crippen LogP contribution is 2.22. The van der Waals surface area contributed by atoms with Crippen LogP contribution in [0.1, 0.15) is 31.5 Å². The van der Waals surface area contributed by atoms with E-state index in [9.17, 15) is 8.42 Å². The number of sulfonamides is 1. The molecule has 106 valence electrons. The number of piperidine rings is 1. The van der Waals surface area contributed by atoms with Crippen molar-refractivity contribution in [2.45, 2.75) is 49.7 Å². The maximum atomic E-state index is 12.5. The summed E-state index contributed by atoms with van der Waals surface area (Å²) in [5, 5.41) is 0.193. The lowest BCUT2D eigenvalue weighted by Gasteiger charge is -2.29. The Morgan fingerprint density at radius 2 is 2.11 bits per heavy atom. The van der Waals surface area contributed by atoms with E-state index in [0.29, 0.717) is 13.1 Å². The standard InChI is InChI=1S/C12H20N4O2S/c13-10-4-3-7-16(8-10)19(17,18)12-9-15-6-2-1-5-11(15)14-12/h9-10H,1-8,13H2. The molecule has 3 heterocycles. The molecule has 1 aromatic rings. The first-order valence-electron chi connectivity index (χ1n) is 6.89. The number of aryl methyl sites for hydroxylation is 2. The molecule has 7 heteroatoms. The molecule has 0 saturated carbocycles. The van der Waals surface area contributed by atoms with Crippen LogP contribution in [0.3, 0.4) is 0 Å². The molecule has 0 amide bonds. The minimum atomic E-state index is -3.47. The predicted octanol–water partition coefficient (Wildman–Crippen LogP) is 0.331. The fourth-order valence-electron chi connectivity index (χ4n) is 2.84. The molecule has 0 aromatic carbocycles. The van der Waals surface area contributed by atoms with Gasteiger partial charge < -0.3 is 10.3 Å². The summed E-state index contributed by atoms with van der Waals surface area (Å²) in [4.78, 5) is 4.32. The van der Waals surface area contributed by atoms with Gasteiger partial charge >= 0.3 is 0 Å². The molecule has 1 unspecified atom stereocenters. The van der Waals surface area contributed by atoms with Gasteiger partial charge in [-0.05, 0) is 25.7 Å². The summed E-state index contributed by atoms with van der Waals surface area (Å²) in [7, 11) is -3.47. The fourth-order valence-corrected chi connectivity index (χ4v) is 4.34. The molecule has 0 radical (unpaired) electrons. The quantitative estimate of drug-likeness (QED) is 0.848. The summed E-state index contributed by atoms with van der Waals surface area (Å²) in [6.45, 7) is 1.83. The Hall–Kier alpha value is -0.920. The number of aromatic nitrogens is 2. The molecule has 0 spiro atoms. The summed E-state index contributed by atoms with van der Waals surface area (Å²) in [6, 6.07) is -0.0548. The van der Waals surface area contributed by atoms with Crippen molar-refractivity contribution in [3.63, 3.8) is 0 Å². The molecule has 2 aliphatic heterocycles. The van der Waals surface area contributed by atoms with Crippen LogP contribution >= 0.6 is 0 Å². The highest BCUT2D eigenvalue weighted by atomic mass is 32.2. The van der Waals surface area contributed by atoms with Gasteiger partial charge in [0.2, 0.25) is 0 Å². The highest BCUT2D eigenvalue weighted by molar-refractivity contribution is 7.89. The number of imidazole rings is 1. The fraction of sp³-hybridized carbons (Fsp3) is 0.750. The number of rotatable bonds is 2. The summed E-state index contributed by atoms with van der Waals surface area (Å²) >= 11 is 0. The van der Waals surface area contributed by atoms with Gasteiger partial charge in [0.05, 0.1) is 0 Å². The van der Waals surface area contributed by atoms with E-state index in [-0.39, 0.29) is 11.1 Å². The Bertz CT molecular complexity index is 543. The first-order valence-corrected chi connectivity index (χ1v) is 8.33. The van der Waals surface area contributed by atoms with Crippen LogP contribution in [0, 0.1) is 0 Å². The SMILES string of the molecule is NC1CCCN(S(=O)(=O)c2cn3c(n2)CCCC3)C1. The van der Waals surface area contributed by atoms with E-state index in [1.807, 2.05) is 4.57 Å². The molecule has 2 N–H and O–H groups in total. The zero-order valence-corrected chi connectivity index (χ0v) is 11.8. The third-order valence-electron chi connectivity index (χ3n) is 3.91. The second kappa shape index (κ2) is 4.88. The minimum absolute atomic E-state index is 0.0548. The molecule has 6 nitrogen and oxygen atoms in total. The number of nitrogens with zero attached hydrogens (tertiary/aromatic N) is 3. The van der Waals surface area contributed by atoms with Crippen molar-refractivity contribution in [3.8, 4) is 0 Å². The molecule has 0 bridgehead atoms. The Morgan fingerprint density at radius 1 is 1.26 bits per heavy atom. The van der Waals surface area contributed by atoms with Gasteiger partial charge in [-0.3, -0.25) is 0 Å². The molecular formula is C12H20N4O2S. The number of hydrogen-bond donors (Lipinski definition) is 1. The summed E-state index contributed by atoms with van der Waals surface area (Å²) < 4.78 is 28.5. The maximum Gasteiger partial charge on any atom is 0.262 e. The van der Waals surface area contributed by atoms with Crippen LogP contribution in [-0.4, -0.2) is 41.4 Å². The Morgan fingerprint density at radius 3 is 2.84 bits per heavy atom. The zero-order valence-electron chi connectivity index (χ0n) is 11.0. The van der Waals surface area contributed by atoms with Gasteiger partial charge in [0.25, 0.3) is 10.0 Å². The molecule has 1 aromatic heterocycles. The average Bonchev–Trinajstić information content (AvgIpc) is 2.83. The topological polar surface area (TPSA) is 81.2 Å². The molecule has 1 fully saturated rings. The second-order valence-corrected chi connectivity index (χ2v) is 7.30. The maximum absolute atomic E-state index is 12.5. The summed E-state index contributed by atoms with van der Waals surface area (Å²) in [5.41, 5.74) is 5.87. The van der Waals surface area contributed by atoms with Gasteiger partial charge in [-0.25, -0.2) is 13.4 Å². The van der Waals surface area contributed by atoms with Crippen LogP contribution < -0.4 is 5.73 Å². The van der Waals surface area contributed by atoms with Crippen molar-refractivity contribution < 1.29 is 8.42 Å². The highest BCUT2D eigenvalue weighted by Gasteiger charge is 2.31. The van der Waals surface area contributed by atoms with Crippen LogP contribution in [0.15, 0.2) is 11.2 Å². The lowest BCUT2D eigenvalue weighted by molar-refractivity contribution is 0.315. The molecular weight excluding hydrogens is 264 g/mol. The third-order valence-corrected chi connectivity index (χ3v) is 5.65. The van der Waals surface area contributed by atoms with Crippen molar-refractivity contribution in [1.82, 2.24) is 13.9 Å². The molecule has 19 heavy (non-hydrogen) atoms. The molecule has 1 atom stereocenters. The molecule has 0 aliphatic carbocycles. The van der Waals surface area contributed by atoms with Crippen LogP contribution in [0.4, 0.5) is 0 Å². The lowest BCUT2D eigenvalue weighted by atomic mass is 10.1. The largest absolute Gasteiger partial charge is 0.333 e. The van der Waals surface area contributed by atoms with E-state index in [2.05, 4.69) is 4.98 Å². The third kappa shape index (κ3) is 2.42. The monoisotopic (exact) mass is 284 g/mol. The summed E-state index contributed by atoms with van der Waals surface area (Å²) in [6.07, 6.45) is 6.46. The Balaban J connectivity index is 1.89. The molecule has 2 aliphatic rings. The normalized spacial score (nSPS) is 25.2. The van der Waals surface area contributed by atoms with E-state index < -0.39 is 10.0 Å². The van der Waals surface area contributed by atoms with E-state index >= 15 is 0 Å². The summed E-state index contributed by atoms with van der Waals surface area (Å²) in [5.74, 6) is 0.895. The van der Waals surface area contributed by atoms with Crippen LogP contribution in [0.25, 0.3) is 0 Å². The first kappa shape index (κ1) is 13.1. The van der Waals surface area contributed by atoms with Crippen molar-refractivity contribution in [2.75, 3.05) is 13.1 Å². The lowest BCUT2D eigenvalue weighted by Crippen LogP contribution is -2.45. The first-order chi connectivity index (χ1) is 9.07. The van der Waals surface area contributed by atoms with E-state index in [1.54, 1.807) is 6.20 Å². The average molecular weight is 284 g/mol. The van der Waals surface area contributed by atoms with Crippen LogP contribution in [-0.2, 0) is 23.0 Å². The predicted molar refractivity (Wildman–Crippen MR) is 71.1 cm³/mol. The number of hydrogen-bond acceptors (Lipinski definition) is 4. The van der Waals surface area contributed by atoms with Gasteiger partial charge in [-0.2, -0.15) is 4.31 Å². The number of fused-ring (bicyclic) bond motifs is 1. The van der Waals surface area contributed by atoms with Crippen molar-refractivity contribution >= 4 is 10.0 Å². The Kier molecular flexibility index (Phi) is 3.36. The van der Waals surface area contributed by atoms with Crippen LogP contribution in [0.2, 0.25) is 0 Å². The number of nitrogens with two attached hydrogens (primary N) is 1. The van der Waals surface area contributed by atoms with Crippen LogP contribution in [0.5, 0.6) is 0 Å². The zero-order chi connectivity index (χ0) is 13.5.